The third kappa shape index (κ3) is 5.17. The number of H-pyrrole nitrogens is 1. The third-order valence-corrected chi connectivity index (χ3v) is 5.21. The van der Waals surface area contributed by atoms with Gasteiger partial charge in [-0.2, -0.15) is 28.6 Å². The maximum absolute atomic E-state index is 13.6. The van der Waals surface area contributed by atoms with E-state index in [-0.39, 0.29) is 22.6 Å². The molecule has 3 aromatic heterocycles. The zero-order chi connectivity index (χ0) is 25.3. The number of alkyl halides is 3. The van der Waals surface area contributed by atoms with Gasteiger partial charge >= 0.3 is 6.18 Å². The fourth-order valence-electron chi connectivity index (χ4n) is 3.37. The Hall–Kier alpha value is -4.18. The molecule has 1 N–H and O–H groups in total. The minimum atomic E-state index is -4.99. The highest BCUT2D eigenvalue weighted by Gasteiger charge is 2.39. The Kier molecular flexibility index (Phi) is 6.31. The average Bonchev–Trinajstić information content (AvgIpc) is 3.23. The molecular formula is C21H15ClF3N7O3. The molecule has 0 fully saturated rings. The van der Waals surface area contributed by atoms with Crippen molar-refractivity contribution in [1.82, 2.24) is 29.5 Å². The van der Waals surface area contributed by atoms with Crippen molar-refractivity contribution in [2.45, 2.75) is 25.2 Å². The van der Waals surface area contributed by atoms with Crippen LogP contribution < -0.4 is 15.9 Å². The summed E-state index contributed by atoms with van der Waals surface area (Å²) in [6.45, 7) is -0.407. The van der Waals surface area contributed by atoms with Gasteiger partial charge in [0.25, 0.3) is 11.1 Å². The second-order valence-corrected chi connectivity index (χ2v) is 7.99. The second kappa shape index (κ2) is 9.22. The van der Waals surface area contributed by atoms with Crippen LogP contribution in [0.1, 0.15) is 17.7 Å². The number of ether oxygens (including phenoxy) is 1. The zero-order valence-corrected chi connectivity index (χ0v) is 18.6. The fraction of sp³-hybridized carbons (Fsp3) is 0.238. The van der Waals surface area contributed by atoms with Gasteiger partial charge in [0.15, 0.2) is 5.69 Å². The van der Waals surface area contributed by atoms with E-state index in [9.17, 15) is 22.8 Å². The van der Waals surface area contributed by atoms with E-state index >= 15 is 0 Å². The highest BCUT2D eigenvalue weighted by atomic mass is 35.5. The van der Waals surface area contributed by atoms with Gasteiger partial charge in [-0.1, -0.05) is 11.6 Å². The lowest BCUT2D eigenvalue weighted by atomic mass is 10.0. The maximum Gasteiger partial charge on any atom is 0.437 e. The highest BCUT2D eigenvalue weighted by molar-refractivity contribution is 6.31. The van der Waals surface area contributed by atoms with Gasteiger partial charge in [0.05, 0.1) is 30.8 Å². The Labute approximate surface area is 199 Å². The topological polar surface area (TPSA) is 131 Å². The number of aromatic amines is 1. The van der Waals surface area contributed by atoms with E-state index in [0.717, 1.165) is 4.57 Å². The molecular weight excluding hydrogens is 491 g/mol. The quantitative estimate of drug-likeness (QED) is 0.563. The van der Waals surface area contributed by atoms with E-state index in [0.29, 0.717) is 17.6 Å². The van der Waals surface area contributed by atoms with Crippen molar-refractivity contribution < 1.29 is 17.9 Å². The lowest BCUT2D eigenvalue weighted by molar-refractivity contribution is -0.143. The van der Waals surface area contributed by atoms with Gasteiger partial charge < -0.3 is 4.74 Å². The number of aryl methyl sites for hydroxylation is 1. The van der Waals surface area contributed by atoms with E-state index in [1.165, 1.54) is 29.1 Å². The molecule has 10 nitrogen and oxygen atoms in total. The van der Waals surface area contributed by atoms with Crippen LogP contribution in [0.3, 0.4) is 0 Å². The molecule has 0 saturated carbocycles. The molecule has 14 heteroatoms. The molecule has 35 heavy (non-hydrogen) atoms. The van der Waals surface area contributed by atoms with Crippen LogP contribution in [0.5, 0.6) is 5.75 Å². The molecule has 0 amide bonds. The molecule has 0 aromatic carbocycles. The Bertz CT molecular complexity index is 1510. The van der Waals surface area contributed by atoms with Gasteiger partial charge in [0.1, 0.15) is 6.10 Å². The SMILES string of the molecule is Cn1cc(-c2cc(Cn3cnc(C(F)(F)F)c(OC4C=C(Cl)C=C(C#N)C4)c3=O)c(=O)[nH]n2)cn1. The van der Waals surface area contributed by atoms with E-state index in [1.807, 2.05) is 6.07 Å². The van der Waals surface area contributed by atoms with Crippen LogP contribution in [-0.2, 0) is 19.8 Å². The largest absolute Gasteiger partial charge is 0.478 e. The second-order valence-electron chi connectivity index (χ2n) is 7.56. The highest BCUT2D eigenvalue weighted by Crippen LogP contribution is 2.34. The summed E-state index contributed by atoms with van der Waals surface area (Å²) in [5.74, 6) is -1.07. The summed E-state index contributed by atoms with van der Waals surface area (Å²) in [7, 11) is 1.69. The molecule has 3 heterocycles. The van der Waals surface area contributed by atoms with Crippen molar-refractivity contribution in [3.05, 3.63) is 79.5 Å². The molecule has 0 spiro atoms. The summed E-state index contributed by atoms with van der Waals surface area (Å²) in [6.07, 6.45) is 0.295. The van der Waals surface area contributed by atoms with Crippen LogP contribution in [-0.4, -0.2) is 35.6 Å². The van der Waals surface area contributed by atoms with E-state index in [2.05, 4.69) is 20.3 Å². The van der Waals surface area contributed by atoms with Gasteiger partial charge in [0, 0.05) is 41.4 Å². The van der Waals surface area contributed by atoms with Crippen LogP contribution in [0.25, 0.3) is 11.3 Å². The van der Waals surface area contributed by atoms with Crippen molar-refractivity contribution in [2.24, 2.45) is 7.05 Å². The van der Waals surface area contributed by atoms with Crippen LogP contribution in [0, 0.1) is 11.3 Å². The summed E-state index contributed by atoms with van der Waals surface area (Å²) in [5, 5.41) is 19.4. The number of halogens is 4. The number of rotatable bonds is 5. The third-order valence-electron chi connectivity index (χ3n) is 4.98. The lowest BCUT2D eigenvalue weighted by Crippen LogP contribution is -2.31. The lowest BCUT2D eigenvalue weighted by Gasteiger charge is -2.21. The Balaban J connectivity index is 1.73. The number of nitrogens with zero attached hydrogens (tertiary/aromatic N) is 6. The first-order valence-corrected chi connectivity index (χ1v) is 10.3. The van der Waals surface area contributed by atoms with E-state index in [1.54, 1.807) is 13.2 Å². The molecule has 1 unspecified atom stereocenters. The molecule has 0 aliphatic heterocycles. The molecule has 1 aliphatic carbocycles. The van der Waals surface area contributed by atoms with Gasteiger partial charge in [-0.3, -0.25) is 18.8 Å². The Morgan fingerprint density at radius 3 is 2.80 bits per heavy atom. The van der Waals surface area contributed by atoms with Gasteiger partial charge in [0.2, 0.25) is 5.75 Å². The summed E-state index contributed by atoms with van der Waals surface area (Å²) in [6, 6.07) is 3.26. The first kappa shape index (κ1) is 24.0. The molecule has 3 aromatic rings. The fourth-order valence-corrected chi connectivity index (χ4v) is 3.64. The van der Waals surface area contributed by atoms with E-state index < -0.39 is 41.4 Å². The first-order valence-electron chi connectivity index (χ1n) is 9.94. The van der Waals surface area contributed by atoms with Crippen molar-refractivity contribution >= 4 is 11.6 Å². The zero-order valence-electron chi connectivity index (χ0n) is 17.9. The molecule has 0 saturated heterocycles. The molecule has 180 valence electrons. The van der Waals surface area contributed by atoms with Gasteiger partial charge in [-0.25, -0.2) is 10.1 Å². The molecule has 4 rings (SSSR count). The minimum Gasteiger partial charge on any atom is -0.478 e. The summed E-state index contributed by atoms with van der Waals surface area (Å²) >= 11 is 5.93. The van der Waals surface area contributed by atoms with Crippen molar-refractivity contribution in [3.63, 3.8) is 0 Å². The number of nitrogens with one attached hydrogen (secondary N) is 1. The van der Waals surface area contributed by atoms with Crippen LogP contribution in [0.2, 0.25) is 0 Å². The number of aromatic nitrogens is 6. The average molecular weight is 506 g/mol. The minimum absolute atomic E-state index is 0.0452. The molecule has 1 aliphatic rings. The van der Waals surface area contributed by atoms with Crippen molar-refractivity contribution in [3.8, 4) is 23.1 Å². The maximum atomic E-state index is 13.6. The van der Waals surface area contributed by atoms with Crippen LogP contribution in [0.4, 0.5) is 13.2 Å². The first-order chi connectivity index (χ1) is 16.5. The van der Waals surface area contributed by atoms with Crippen LogP contribution in [0.15, 0.2) is 57.1 Å². The number of hydrogen-bond acceptors (Lipinski definition) is 7. The molecule has 0 radical (unpaired) electrons. The standard InChI is InChI=1S/C21H15ClF3N7O3/c1-31-8-13(7-28-31)16-4-12(19(33)30-29-16)9-32-10-27-18(21(23,24)25)17(20(32)34)35-15-3-11(6-26)2-14(22)5-15/h2,4-5,7-8,10,15H,3,9H2,1H3,(H,30,33). The predicted molar refractivity (Wildman–Crippen MR) is 116 cm³/mol. The van der Waals surface area contributed by atoms with Gasteiger partial charge in [-0.15, -0.1) is 0 Å². The summed E-state index contributed by atoms with van der Waals surface area (Å²) in [4.78, 5) is 28.7. The normalized spacial score (nSPS) is 15.8. The van der Waals surface area contributed by atoms with Crippen LogP contribution >= 0.6 is 11.6 Å². The monoisotopic (exact) mass is 505 g/mol. The van der Waals surface area contributed by atoms with Crippen molar-refractivity contribution in [2.75, 3.05) is 0 Å². The number of nitriles is 1. The molecule has 0 bridgehead atoms. The Morgan fingerprint density at radius 2 is 2.14 bits per heavy atom. The Morgan fingerprint density at radius 1 is 1.37 bits per heavy atom. The van der Waals surface area contributed by atoms with E-state index in [4.69, 9.17) is 21.6 Å². The summed E-state index contributed by atoms with van der Waals surface area (Å²) in [5.41, 5.74) is -2.20. The number of allylic oxidation sites excluding steroid dienone is 2. The smallest absolute Gasteiger partial charge is 0.437 e. The van der Waals surface area contributed by atoms with Gasteiger partial charge in [-0.05, 0) is 18.2 Å². The molecule has 1 atom stereocenters. The summed E-state index contributed by atoms with van der Waals surface area (Å²) < 4.78 is 48.5. The number of hydrogen-bond donors (Lipinski definition) is 1. The predicted octanol–water partition coefficient (Wildman–Crippen LogP) is 2.52. The van der Waals surface area contributed by atoms with Crippen molar-refractivity contribution in [1.29, 1.82) is 5.26 Å².